The number of aromatic nitrogens is 4. The Balaban J connectivity index is 1.34. The first-order chi connectivity index (χ1) is 13.6. The van der Waals surface area contributed by atoms with Crippen molar-refractivity contribution in [3.05, 3.63) is 29.7 Å². The molecule has 2 aromatic heterocycles. The quantitative estimate of drug-likeness (QED) is 0.846. The van der Waals surface area contributed by atoms with Crippen LogP contribution in [0.5, 0.6) is 0 Å². The van der Waals surface area contributed by atoms with Gasteiger partial charge in [0.15, 0.2) is 5.82 Å². The van der Waals surface area contributed by atoms with E-state index in [2.05, 4.69) is 20.3 Å². The monoisotopic (exact) mass is 384 g/mol. The van der Waals surface area contributed by atoms with Crippen LogP contribution in [0.3, 0.4) is 0 Å². The Labute approximate surface area is 165 Å². The van der Waals surface area contributed by atoms with Gasteiger partial charge in [0.25, 0.3) is 0 Å². The predicted octanol–water partition coefficient (Wildman–Crippen LogP) is 1.79. The second kappa shape index (κ2) is 8.26. The molecule has 4 heterocycles. The molecular weight excluding hydrogens is 356 g/mol. The van der Waals surface area contributed by atoms with Crippen molar-refractivity contribution in [3.8, 4) is 5.82 Å². The van der Waals surface area contributed by atoms with Gasteiger partial charge in [-0.2, -0.15) is 10.1 Å². The zero-order valence-corrected chi connectivity index (χ0v) is 16.6. The minimum Gasteiger partial charge on any atom is -0.376 e. The molecule has 0 aliphatic carbocycles. The summed E-state index contributed by atoms with van der Waals surface area (Å²) in [6.07, 6.45) is 5.72. The molecule has 0 bridgehead atoms. The summed E-state index contributed by atoms with van der Waals surface area (Å²) in [6.45, 7) is 6.99. The number of nitrogens with zero attached hydrogens (tertiary/aromatic N) is 5. The largest absolute Gasteiger partial charge is 0.376 e. The number of hydrogen-bond donors (Lipinski definition) is 1. The van der Waals surface area contributed by atoms with E-state index in [1.54, 1.807) is 6.20 Å². The van der Waals surface area contributed by atoms with Crippen LogP contribution < -0.4 is 10.2 Å². The second-order valence-electron chi connectivity index (χ2n) is 7.70. The van der Waals surface area contributed by atoms with Crippen molar-refractivity contribution in [2.75, 3.05) is 31.1 Å². The maximum Gasteiger partial charge on any atom is 0.227 e. The fourth-order valence-corrected chi connectivity index (χ4v) is 3.98. The molecule has 28 heavy (non-hydrogen) atoms. The molecule has 1 amide bonds. The Morgan fingerprint density at radius 1 is 1.29 bits per heavy atom. The minimum absolute atomic E-state index is 0.0526. The Morgan fingerprint density at radius 3 is 2.79 bits per heavy atom. The van der Waals surface area contributed by atoms with Crippen LogP contribution in [0.25, 0.3) is 5.82 Å². The zero-order chi connectivity index (χ0) is 19.5. The van der Waals surface area contributed by atoms with E-state index in [9.17, 15) is 4.79 Å². The first-order valence-corrected chi connectivity index (χ1v) is 10.1. The molecule has 150 valence electrons. The van der Waals surface area contributed by atoms with E-state index < -0.39 is 0 Å². The lowest BCUT2D eigenvalue weighted by Gasteiger charge is -2.31. The normalized spacial score (nSPS) is 20.5. The summed E-state index contributed by atoms with van der Waals surface area (Å²) >= 11 is 0. The molecule has 2 aliphatic heterocycles. The molecule has 4 rings (SSSR count). The molecule has 0 spiro atoms. The van der Waals surface area contributed by atoms with Crippen LogP contribution in [0.4, 0.5) is 5.95 Å². The van der Waals surface area contributed by atoms with E-state index >= 15 is 0 Å². The van der Waals surface area contributed by atoms with E-state index in [1.807, 2.05) is 30.7 Å². The highest BCUT2D eigenvalue weighted by atomic mass is 16.5. The van der Waals surface area contributed by atoms with Crippen LogP contribution in [-0.2, 0) is 9.53 Å². The molecule has 1 N–H and O–H groups in total. The molecule has 0 saturated carbocycles. The number of aryl methyl sites for hydroxylation is 2. The summed E-state index contributed by atoms with van der Waals surface area (Å²) in [6, 6.07) is 3.90. The van der Waals surface area contributed by atoms with E-state index in [4.69, 9.17) is 9.72 Å². The molecular formula is C20H28N6O2. The highest BCUT2D eigenvalue weighted by Crippen LogP contribution is 2.22. The molecule has 0 radical (unpaired) electrons. The second-order valence-corrected chi connectivity index (χ2v) is 7.70. The lowest BCUT2D eigenvalue weighted by Crippen LogP contribution is -2.42. The average molecular weight is 384 g/mol. The molecule has 1 atom stereocenters. The van der Waals surface area contributed by atoms with Gasteiger partial charge in [-0.3, -0.25) is 4.79 Å². The van der Waals surface area contributed by atoms with Crippen LogP contribution >= 0.6 is 0 Å². The summed E-state index contributed by atoms with van der Waals surface area (Å²) < 4.78 is 7.42. The van der Waals surface area contributed by atoms with Gasteiger partial charge in [-0.25, -0.2) is 9.67 Å². The summed E-state index contributed by atoms with van der Waals surface area (Å²) in [5.74, 6) is 1.67. The number of rotatable bonds is 5. The van der Waals surface area contributed by atoms with Crippen molar-refractivity contribution in [3.63, 3.8) is 0 Å². The van der Waals surface area contributed by atoms with Crippen molar-refractivity contribution < 1.29 is 9.53 Å². The number of piperidine rings is 1. The average Bonchev–Trinajstić information content (AvgIpc) is 3.35. The van der Waals surface area contributed by atoms with Gasteiger partial charge < -0.3 is 15.0 Å². The van der Waals surface area contributed by atoms with Crippen molar-refractivity contribution in [1.29, 1.82) is 0 Å². The molecule has 8 nitrogen and oxygen atoms in total. The number of nitrogens with one attached hydrogen (secondary N) is 1. The van der Waals surface area contributed by atoms with E-state index in [-0.39, 0.29) is 17.9 Å². The van der Waals surface area contributed by atoms with Crippen LogP contribution in [0.1, 0.15) is 37.1 Å². The van der Waals surface area contributed by atoms with Crippen LogP contribution in [-0.4, -0.2) is 58.0 Å². The number of hydrogen-bond acceptors (Lipinski definition) is 6. The molecule has 0 aromatic carbocycles. The third kappa shape index (κ3) is 4.16. The van der Waals surface area contributed by atoms with Gasteiger partial charge in [-0.15, -0.1) is 0 Å². The summed E-state index contributed by atoms with van der Waals surface area (Å²) in [4.78, 5) is 23.7. The van der Waals surface area contributed by atoms with E-state index in [0.717, 1.165) is 62.6 Å². The maximum absolute atomic E-state index is 12.4. The van der Waals surface area contributed by atoms with E-state index in [1.165, 1.54) is 0 Å². The maximum atomic E-state index is 12.4. The van der Waals surface area contributed by atoms with Crippen LogP contribution in [0, 0.1) is 19.8 Å². The molecule has 2 saturated heterocycles. The van der Waals surface area contributed by atoms with Crippen molar-refractivity contribution in [2.45, 2.75) is 45.6 Å². The minimum atomic E-state index is 0.0526. The van der Waals surface area contributed by atoms with Gasteiger partial charge in [-0.1, -0.05) is 0 Å². The molecule has 2 aliphatic rings. The fraction of sp³-hybridized carbons (Fsp3) is 0.600. The van der Waals surface area contributed by atoms with Crippen LogP contribution in [0.2, 0.25) is 0 Å². The first kappa shape index (κ1) is 18.9. The third-order valence-electron chi connectivity index (χ3n) is 5.53. The lowest BCUT2D eigenvalue weighted by molar-refractivity contribution is -0.126. The molecule has 2 fully saturated rings. The molecule has 1 unspecified atom stereocenters. The van der Waals surface area contributed by atoms with Crippen molar-refractivity contribution >= 4 is 11.9 Å². The van der Waals surface area contributed by atoms with Crippen molar-refractivity contribution in [1.82, 2.24) is 25.1 Å². The van der Waals surface area contributed by atoms with Gasteiger partial charge in [0.1, 0.15) is 0 Å². The summed E-state index contributed by atoms with van der Waals surface area (Å²) in [5, 5.41) is 7.56. The number of amides is 1. The highest BCUT2D eigenvalue weighted by Gasteiger charge is 2.27. The lowest BCUT2D eigenvalue weighted by atomic mass is 9.96. The Morgan fingerprint density at radius 2 is 2.11 bits per heavy atom. The number of anilines is 1. The zero-order valence-electron chi connectivity index (χ0n) is 16.6. The van der Waals surface area contributed by atoms with Gasteiger partial charge in [0, 0.05) is 50.1 Å². The molecule has 2 aromatic rings. The SMILES string of the molecule is Cc1cc(C)n(-c2ccnc(N3CCC(C(=O)NCC4CCCO4)CC3)n2)n1. The third-order valence-corrected chi connectivity index (χ3v) is 5.53. The van der Waals surface area contributed by atoms with Crippen LogP contribution in [0.15, 0.2) is 18.3 Å². The standard InChI is InChI=1S/C20H28N6O2/c1-14-12-15(2)26(24-14)18-5-8-21-20(23-18)25-9-6-16(7-10-25)19(27)22-13-17-4-3-11-28-17/h5,8,12,16-17H,3-4,6-7,9-11,13H2,1-2H3,(H,22,27). The first-order valence-electron chi connectivity index (χ1n) is 10.1. The van der Waals surface area contributed by atoms with Gasteiger partial charge in [-0.05, 0) is 45.6 Å². The Kier molecular flexibility index (Phi) is 5.57. The number of carbonyl (C=O) groups excluding carboxylic acids is 1. The number of carbonyl (C=O) groups is 1. The van der Waals surface area contributed by atoms with Crippen molar-refractivity contribution in [2.24, 2.45) is 5.92 Å². The Bertz CT molecular complexity index is 822. The summed E-state index contributed by atoms with van der Waals surface area (Å²) in [7, 11) is 0. The topological polar surface area (TPSA) is 85.2 Å². The van der Waals surface area contributed by atoms with E-state index in [0.29, 0.717) is 12.5 Å². The smallest absolute Gasteiger partial charge is 0.227 e. The fourth-order valence-electron chi connectivity index (χ4n) is 3.98. The summed E-state index contributed by atoms with van der Waals surface area (Å²) in [5.41, 5.74) is 2.01. The number of ether oxygens (including phenoxy) is 1. The van der Waals surface area contributed by atoms with Gasteiger partial charge in [0.05, 0.1) is 11.8 Å². The highest BCUT2D eigenvalue weighted by molar-refractivity contribution is 5.79. The Hall–Kier alpha value is -2.48. The molecule has 8 heteroatoms. The van der Waals surface area contributed by atoms with Gasteiger partial charge in [0.2, 0.25) is 11.9 Å². The predicted molar refractivity (Wildman–Crippen MR) is 106 cm³/mol. The van der Waals surface area contributed by atoms with Gasteiger partial charge >= 0.3 is 0 Å².